The van der Waals surface area contributed by atoms with Crippen LogP contribution in [-0.4, -0.2) is 42.3 Å². The number of aromatic nitrogens is 5. The predicted octanol–water partition coefficient (Wildman–Crippen LogP) is 4.89. The van der Waals surface area contributed by atoms with Crippen LogP contribution in [0, 0.1) is 6.92 Å². The van der Waals surface area contributed by atoms with Gasteiger partial charge in [-0.2, -0.15) is 0 Å². The zero-order chi connectivity index (χ0) is 32.5. The lowest BCUT2D eigenvalue weighted by Crippen LogP contribution is -2.45. The second kappa shape index (κ2) is 12.4. The molecule has 0 radical (unpaired) electrons. The van der Waals surface area contributed by atoms with Crippen LogP contribution in [0.4, 0.5) is 14.5 Å². The summed E-state index contributed by atoms with van der Waals surface area (Å²) in [7, 11) is 3.20. The number of hydrogen-bond acceptors (Lipinski definition) is 7. The molecule has 0 spiro atoms. The van der Waals surface area contributed by atoms with Gasteiger partial charge in [-0.3, -0.25) is 14.4 Å². The number of carbonyl (C=O) groups is 2. The molecule has 5 aromatic rings. The summed E-state index contributed by atoms with van der Waals surface area (Å²) in [6.07, 6.45) is 4.13. The molecule has 0 saturated heterocycles. The van der Waals surface area contributed by atoms with Crippen molar-refractivity contribution in [1.82, 2.24) is 29.8 Å². The minimum atomic E-state index is -3.36. The Morgan fingerprint density at radius 1 is 1.04 bits per heavy atom. The van der Waals surface area contributed by atoms with Gasteiger partial charge in [0.25, 0.3) is 17.4 Å². The van der Waals surface area contributed by atoms with Crippen molar-refractivity contribution in [2.75, 3.05) is 5.32 Å². The summed E-state index contributed by atoms with van der Waals surface area (Å²) in [5.74, 6) is -3.85. The highest BCUT2D eigenvalue weighted by atomic mass is 35.5. The average Bonchev–Trinajstić information content (AvgIpc) is 3.62. The number of nitrogens with zero attached hydrogens (tertiary/aromatic N) is 5. The molecule has 5 rings (SSSR count). The quantitative estimate of drug-likeness (QED) is 0.235. The molecule has 1 atom stereocenters. The van der Waals surface area contributed by atoms with E-state index in [9.17, 15) is 23.2 Å². The van der Waals surface area contributed by atoms with Crippen LogP contribution in [0.3, 0.4) is 0 Å². The van der Waals surface area contributed by atoms with Crippen molar-refractivity contribution in [2.24, 2.45) is 14.1 Å². The van der Waals surface area contributed by atoms with Crippen molar-refractivity contribution in [3.8, 4) is 22.5 Å². The molecule has 2 amide bonds. The molecule has 14 heteroatoms. The van der Waals surface area contributed by atoms with Gasteiger partial charge < -0.3 is 24.3 Å². The Balaban J connectivity index is 1.45. The van der Waals surface area contributed by atoms with Crippen molar-refractivity contribution >= 4 is 29.1 Å². The van der Waals surface area contributed by atoms with Gasteiger partial charge in [0, 0.05) is 49.9 Å². The van der Waals surface area contributed by atoms with Gasteiger partial charge in [0.2, 0.25) is 5.91 Å². The lowest BCUT2D eigenvalue weighted by atomic mass is 9.98. The van der Waals surface area contributed by atoms with Crippen molar-refractivity contribution in [3.05, 3.63) is 105 Å². The largest absolute Gasteiger partial charge is 0.364 e. The normalized spacial score (nSPS) is 12.2. The van der Waals surface area contributed by atoms with Gasteiger partial charge in [-0.05, 0) is 66.1 Å². The first-order valence-electron chi connectivity index (χ1n) is 13.7. The third kappa shape index (κ3) is 6.83. The summed E-state index contributed by atoms with van der Waals surface area (Å²) >= 11 is 6.54. The molecule has 45 heavy (non-hydrogen) atoms. The fourth-order valence-electron chi connectivity index (χ4n) is 4.75. The summed E-state index contributed by atoms with van der Waals surface area (Å²) in [5.41, 5.74) is 1.55. The molecule has 0 bridgehead atoms. The van der Waals surface area contributed by atoms with Crippen LogP contribution in [0.5, 0.6) is 0 Å². The van der Waals surface area contributed by atoms with E-state index in [0.29, 0.717) is 40.8 Å². The van der Waals surface area contributed by atoms with Crippen LogP contribution in [0.25, 0.3) is 22.5 Å². The van der Waals surface area contributed by atoms with E-state index >= 15 is 0 Å². The molecule has 0 aliphatic carbocycles. The van der Waals surface area contributed by atoms with Crippen molar-refractivity contribution in [3.63, 3.8) is 0 Å². The lowest BCUT2D eigenvalue weighted by Gasteiger charge is -2.20. The van der Waals surface area contributed by atoms with E-state index in [0.717, 1.165) is 16.2 Å². The maximum atomic E-state index is 14.2. The van der Waals surface area contributed by atoms with E-state index in [4.69, 9.17) is 16.1 Å². The monoisotopic (exact) mass is 635 g/mol. The predicted molar refractivity (Wildman–Crippen MR) is 163 cm³/mol. The molecule has 1 unspecified atom stereocenters. The molecule has 11 nitrogen and oxygen atoms in total. The Morgan fingerprint density at radius 3 is 2.38 bits per heavy atom. The number of halogens is 3. The minimum Gasteiger partial charge on any atom is -0.364 e. The summed E-state index contributed by atoms with van der Waals surface area (Å²) in [5, 5.41) is 17.5. The Bertz CT molecular complexity index is 1940. The lowest BCUT2D eigenvalue weighted by molar-refractivity contribution is -0.118. The van der Waals surface area contributed by atoms with E-state index < -0.39 is 34.9 Å². The molecule has 2 N–H and O–H groups in total. The number of carbonyl (C=O) groups excluding carboxylic acids is 2. The molecular weight excluding hydrogens is 608 g/mol. The van der Waals surface area contributed by atoms with Gasteiger partial charge >= 0.3 is 0 Å². The molecule has 0 saturated carbocycles. The van der Waals surface area contributed by atoms with Gasteiger partial charge in [0.15, 0.2) is 5.82 Å². The van der Waals surface area contributed by atoms with Crippen molar-refractivity contribution in [2.45, 2.75) is 32.2 Å². The summed E-state index contributed by atoms with van der Waals surface area (Å²) < 4.78 is 36.2. The zero-order valence-corrected chi connectivity index (χ0v) is 25.4. The number of rotatable bonds is 9. The number of amides is 2. The van der Waals surface area contributed by atoms with E-state index in [1.54, 1.807) is 60.3 Å². The maximum absolute atomic E-state index is 14.2. The first-order chi connectivity index (χ1) is 21.3. The first-order valence-corrected chi connectivity index (χ1v) is 14.0. The van der Waals surface area contributed by atoms with Crippen LogP contribution in [0.2, 0.25) is 5.02 Å². The van der Waals surface area contributed by atoms with Crippen LogP contribution in [0.1, 0.15) is 34.1 Å². The first kappa shape index (κ1) is 31.3. The van der Waals surface area contributed by atoms with Crippen molar-refractivity contribution < 1.29 is 22.9 Å². The number of pyridine rings is 1. The number of alkyl halides is 2. The Labute approximate surface area is 260 Å². The van der Waals surface area contributed by atoms with Gasteiger partial charge in [0.05, 0.1) is 11.3 Å². The summed E-state index contributed by atoms with van der Waals surface area (Å²) in [4.78, 5) is 39.1. The third-order valence-electron chi connectivity index (χ3n) is 7.20. The SMILES string of the molecule is Cc1nocc1C(=O)NC(Cc1cc(-c2cc(C(C)(F)F)c(=O)n(C)c2)ccc1Cl)C(=O)Nc1ccc(-c2nncn2C)cc1. The summed E-state index contributed by atoms with van der Waals surface area (Å²) in [6, 6.07) is 11.8. The smallest absolute Gasteiger partial charge is 0.275 e. The van der Waals surface area contributed by atoms with Gasteiger partial charge in [-0.1, -0.05) is 22.8 Å². The highest BCUT2D eigenvalue weighted by Crippen LogP contribution is 2.30. The van der Waals surface area contributed by atoms with E-state index in [1.165, 1.54) is 19.5 Å². The molecule has 3 heterocycles. The molecule has 0 aliphatic heterocycles. The molecule has 0 aliphatic rings. The zero-order valence-electron chi connectivity index (χ0n) is 24.6. The summed E-state index contributed by atoms with van der Waals surface area (Å²) in [6.45, 7) is 2.25. The Morgan fingerprint density at radius 2 is 1.76 bits per heavy atom. The van der Waals surface area contributed by atoms with E-state index in [2.05, 4.69) is 26.0 Å². The number of benzene rings is 2. The topological polar surface area (TPSA) is 137 Å². The highest BCUT2D eigenvalue weighted by molar-refractivity contribution is 6.31. The molecule has 3 aromatic heterocycles. The van der Waals surface area contributed by atoms with Crippen molar-refractivity contribution in [1.29, 1.82) is 0 Å². The highest BCUT2D eigenvalue weighted by Gasteiger charge is 2.29. The second-order valence-electron chi connectivity index (χ2n) is 10.6. The number of anilines is 1. The molecule has 0 fully saturated rings. The molecular formula is C31H28ClF2N7O4. The van der Waals surface area contributed by atoms with E-state index in [1.807, 2.05) is 7.05 Å². The van der Waals surface area contributed by atoms with Crippen LogP contribution in [-0.2, 0) is 31.2 Å². The minimum absolute atomic E-state index is 0.0614. The number of aryl methyl sites for hydroxylation is 3. The molecule has 232 valence electrons. The van der Waals surface area contributed by atoms with Crippen LogP contribution in [0.15, 0.2) is 76.6 Å². The molecule has 2 aromatic carbocycles. The van der Waals surface area contributed by atoms with Gasteiger partial charge in [0.1, 0.15) is 24.2 Å². The Hall–Kier alpha value is -5.17. The average molecular weight is 636 g/mol. The Kier molecular flexibility index (Phi) is 8.64. The van der Waals surface area contributed by atoms with E-state index in [-0.39, 0.29) is 17.0 Å². The number of nitrogens with one attached hydrogen (secondary N) is 2. The van der Waals surface area contributed by atoms with Crippen LogP contribution >= 0.6 is 11.6 Å². The fraction of sp³-hybridized carbons (Fsp3) is 0.226. The van der Waals surface area contributed by atoms with Gasteiger partial charge in [-0.25, -0.2) is 8.78 Å². The van der Waals surface area contributed by atoms with Gasteiger partial charge in [-0.15, -0.1) is 10.2 Å². The standard InChI is InChI=1S/C31H28ClF2N7O4/c1-17-23(15-45-39-17)28(42)37-26(29(43)36-22-8-5-18(6-9-22)27-38-35-16-41(27)4)13-20-11-19(7-10-25(20)32)21-12-24(31(2,33)34)30(44)40(3)14-21/h5-12,14-16,26H,13H2,1-4H3,(H,36,43)(H,37,42). The second-order valence-corrected chi connectivity index (χ2v) is 11.0. The maximum Gasteiger partial charge on any atom is 0.275 e. The van der Waals surface area contributed by atoms with Crippen LogP contribution < -0.4 is 16.2 Å². The number of hydrogen-bond donors (Lipinski definition) is 2. The fourth-order valence-corrected chi connectivity index (χ4v) is 4.94. The third-order valence-corrected chi connectivity index (χ3v) is 7.57.